The van der Waals surface area contributed by atoms with Crippen molar-refractivity contribution >= 4 is 45.5 Å². The molecule has 1 saturated heterocycles. The molecule has 2 aromatic heterocycles. The van der Waals surface area contributed by atoms with Crippen LogP contribution in [0, 0.1) is 22.7 Å². The van der Waals surface area contributed by atoms with Crippen LogP contribution in [0.1, 0.15) is 73.1 Å². The summed E-state index contributed by atoms with van der Waals surface area (Å²) in [6, 6.07) is 25.6. The Morgan fingerprint density at radius 1 is 0.979 bits per heavy atom. The number of aromatic nitrogens is 4. The quantitative estimate of drug-likeness (QED) is 0.145. The van der Waals surface area contributed by atoms with Crippen molar-refractivity contribution in [3.8, 4) is 12.1 Å². The lowest BCUT2D eigenvalue weighted by Gasteiger charge is -2.30. The summed E-state index contributed by atoms with van der Waals surface area (Å²) >= 11 is 13.2. The predicted octanol–water partition coefficient (Wildman–Crippen LogP) is 8.32. The highest BCUT2D eigenvalue weighted by atomic mass is 35.5. The number of fused-ring (bicyclic) bond motifs is 1. The largest absolute Gasteiger partial charge is 0.377 e. The van der Waals surface area contributed by atoms with E-state index < -0.39 is 0 Å². The second-order valence-electron chi connectivity index (χ2n) is 11.7. The molecule has 0 saturated carbocycles. The Hall–Kier alpha value is -4.67. The van der Waals surface area contributed by atoms with E-state index in [1.807, 2.05) is 77.6 Å². The summed E-state index contributed by atoms with van der Waals surface area (Å²) in [6.07, 6.45) is 6.54. The zero-order chi connectivity index (χ0) is 32.8. The summed E-state index contributed by atoms with van der Waals surface area (Å²) < 4.78 is 2.00. The number of hydrogen-bond acceptors (Lipinski definition) is 8. The second-order valence-corrected chi connectivity index (χ2v) is 12.6. The minimum atomic E-state index is -0.360. The molecule has 11 heteroatoms. The number of nitrogens with zero attached hydrogens (tertiary/aromatic N) is 7. The number of pyridine rings is 1. The molecule has 0 bridgehead atoms. The van der Waals surface area contributed by atoms with Crippen molar-refractivity contribution in [1.29, 1.82) is 10.5 Å². The number of piperidine rings is 1. The van der Waals surface area contributed by atoms with Crippen molar-refractivity contribution in [2.75, 3.05) is 30.3 Å². The number of halogens is 2. The first-order chi connectivity index (χ1) is 23.0. The fraction of sp³-hybridized carbons (Fsp3) is 0.306. The third-order valence-corrected chi connectivity index (χ3v) is 9.37. The van der Waals surface area contributed by atoms with Gasteiger partial charge in [-0.1, -0.05) is 77.8 Å². The fourth-order valence-corrected chi connectivity index (χ4v) is 6.62. The van der Waals surface area contributed by atoms with Crippen LogP contribution in [0.2, 0.25) is 10.0 Å². The van der Waals surface area contributed by atoms with E-state index in [0.29, 0.717) is 51.1 Å². The van der Waals surface area contributed by atoms with Crippen LogP contribution < -0.4 is 10.6 Å². The van der Waals surface area contributed by atoms with E-state index >= 15 is 0 Å². The lowest BCUT2D eigenvalue weighted by molar-refractivity contribution is 0.186. The van der Waals surface area contributed by atoms with E-state index in [4.69, 9.17) is 23.2 Å². The Balaban J connectivity index is 1.38. The molecule has 2 N–H and O–H groups in total. The van der Waals surface area contributed by atoms with Gasteiger partial charge in [0.1, 0.15) is 11.8 Å². The van der Waals surface area contributed by atoms with Crippen molar-refractivity contribution in [2.45, 2.75) is 50.7 Å². The average molecular weight is 665 g/mol. The summed E-state index contributed by atoms with van der Waals surface area (Å²) in [7, 11) is 0. The Morgan fingerprint density at radius 3 is 2.45 bits per heavy atom. The minimum Gasteiger partial charge on any atom is -0.377 e. The molecule has 1 aliphatic rings. The highest BCUT2D eigenvalue weighted by molar-refractivity contribution is 6.36. The fourth-order valence-electron chi connectivity index (χ4n) is 6.22. The van der Waals surface area contributed by atoms with Crippen LogP contribution in [0.5, 0.6) is 0 Å². The molecule has 3 aromatic carbocycles. The van der Waals surface area contributed by atoms with Crippen molar-refractivity contribution in [3.05, 3.63) is 112 Å². The smallest absolute Gasteiger partial charge is 0.109 e. The van der Waals surface area contributed by atoms with Crippen LogP contribution >= 0.6 is 23.2 Å². The van der Waals surface area contributed by atoms with Crippen molar-refractivity contribution < 1.29 is 0 Å². The lowest BCUT2D eigenvalue weighted by atomic mass is 10.00. The molecule has 0 radical (unpaired) electrons. The van der Waals surface area contributed by atoms with Gasteiger partial charge in [0, 0.05) is 41.8 Å². The molecule has 0 spiro atoms. The van der Waals surface area contributed by atoms with E-state index in [1.54, 1.807) is 0 Å². The molecule has 6 rings (SSSR count). The first kappa shape index (κ1) is 32.3. The third kappa shape index (κ3) is 7.34. The molecule has 47 heavy (non-hydrogen) atoms. The van der Waals surface area contributed by atoms with Gasteiger partial charge in [0.25, 0.3) is 0 Å². The van der Waals surface area contributed by atoms with Gasteiger partial charge in [0.05, 0.1) is 52.2 Å². The molecule has 5 aromatic rings. The van der Waals surface area contributed by atoms with Gasteiger partial charge in [-0.2, -0.15) is 10.5 Å². The Labute approximate surface area is 284 Å². The average Bonchev–Trinajstić information content (AvgIpc) is 3.60. The van der Waals surface area contributed by atoms with Gasteiger partial charge in [0.15, 0.2) is 0 Å². The van der Waals surface area contributed by atoms with Crippen molar-refractivity contribution in [2.24, 2.45) is 0 Å². The lowest BCUT2D eigenvalue weighted by Crippen LogP contribution is -2.34. The molecule has 1 fully saturated rings. The number of benzene rings is 3. The van der Waals surface area contributed by atoms with Gasteiger partial charge in [-0.05, 0) is 61.2 Å². The SMILES string of the molecule is CCN1CCC(n2cc(C(Nc3cc(Cl)c4ncc(C#N)c(NC(CCC#N)c5ccccc5)c4c3)c3ccc(Cl)cc3)nn2)CC1. The molecule has 3 heterocycles. The number of nitriles is 2. The first-order valence-corrected chi connectivity index (χ1v) is 16.6. The van der Waals surface area contributed by atoms with Gasteiger partial charge in [-0.3, -0.25) is 4.98 Å². The van der Waals surface area contributed by atoms with E-state index in [9.17, 15) is 10.5 Å². The zero-order valence-corrected chi connectivity index (χ0v) is 27.6. The standard InChI is InChI=1S/C36H35Cl2N9/c1-2-46-17-14-29(15-18-46)47-23-33(44-45-47)35(25-10-12-27(37)13-11-25)42-28-19-30-34(26(21-40)22-41-36(30)31(38)20-28)43-32(9-6-16-39)24-7-4-3-5-8-24/h3-5,7-8,10-13,19-20,22-23,29,32,35,42H,2,6,9,14-15,17-18H2,1H3,(H,41,43). The van der Waals surface area contributed by atoms with Crippen LogP contribution in [0.25, 0.3) is 10.9 Å². The summed E-state index contributed by atoms with van der Waals surface area (Å²) in [4.78, 5) is 7.00. The zero-order valence-electron chi connectivity index (χ0n) is 26.1. The first-order valence-electron chi connectivity index (χ1n) is 15.8. The van der Waals surface area contributed by atoms with Crippen LogP contribution in [-0.2, 0) is 0 Å². The summed E-state index contributed by atoms with van der Waals surface area (Å²) in [5, 5.41) is 37.7. The Bertz CT molecular complexity index is 1900. The highest BCUT2D eigenvalue weighted by Gasteiger charge is 2.25. The molecule has 2 atom stereocenters. The van der Waals surface area contributed by atoms with E-state index in [0.717, 1.165) is 55.0 Å². The summed E-state index contributed by atoms with van der Waals surface area (Å²) in [5.74, 6) is 0. The molecule has 0 aliphatic carbocycles. The molecule has 9 nitrogen and oxygen atoms in total. The Kier molecular flexibility index (Phi) is 10.2. The number of anilines is 2. The topological polar surface area (TPSA) is 118 Å². The monoisotopic (exact) mass is 663 g/mol. The number of likely N-dealkylation sites (tertiary alicyclic amines) is 1. The maximum atomic E-state index is 10.1. The van der Waals surface area contributed by atoms with Crippen LogP contribution in [0.3, 0.4) is 0 Å². The molecule has 2 unspecified atom stereocenters. The van der Waals surface area contributed by atoms with Crippen LogP contribution in [0.4, 0.5) is 11.4 Å². The van der Waals surface area contributed by atoms with E-state index in [1.165, 1.54) is 6.20 Å². The van der Waals surface area contributed by atoms with Gasteiger partial charge in [-0.15, -0.1) is 5.10 Å². The highest BCUT2D eigenvalue weighted by Crippen LogP contribution is 2.38. The van der Waals surface area contributed by atoms with Gasteiger partial charge in [0.2, 0.25) is 0 Å². The number of rotatable bonds is 11. The molecule has 0 amide bonds. The maximum Gasteiger partial charge on any atom is 0.109 e. The predicted molar refractivity (Wildman–Crippen MR) is 186 cm³/mol. The van der Waals surface area contributed by atoms with Gasteiger partial charge < -0.3 is 15.5 Å². The van der Waals surface area contributed by atoms with Crippen LogP contribution in [-0.4, -0.2) is 44.5 Å². The summed E-state index contributed by atoms with van der Waals surface area (Å²) in [5.41, 5.74) is 5.03. The second kappa shape index (κ2) is 14.8. The third-order valence-electron chi connectivity index (χ3n) is 8.83. The van der Waals surface area contributed by atoms with Crippen molar-refractivity contribution in [3.63, 3.8) is 0 Å². The minimum absolute atomic E-state index is 0.204. The molecule has 1 aliphatic heterocycles. The molecule has 238 valence electrons. The van der Waals surface area contributed by atoms with E-state index in [2.05, 4.69) is 49.9 Å². The molecular weight excluding hydrogens is 629 g/mol. The van der Waals surface area contributed by atoms with E-state index in [-0.39, 0.29) is 12.1 Å². The maximum absolute atomic E-state index is 10.1. The number of nitrogens with one attached hydrogen (secondary N) is 2. The number of hydrogen-bond donors (Lipinski definition) is 2. The summed E-state index contributed by atoms with van der Waals surface area (Å²) in [6.45, 7) is 5.34. The normalized spacial score (nSPS) is 15.1. The van der Waals surface area contributed by atoms with Crippen molar-refractivity contribution in [1.82, 2.24) is 24.9 Å². The molecular formula is C36H35Cl2N9. The van der Waals surface area contributed by atoms with Gasteiger partial charge in [-0.25, -0.2) is 4.68 Å². The van der Waals surface area contributed by atoms with Gasteiger partial charge >= 0.3 is 0 Å². The Morgan fingerprint density at radius 2 is 1.74 bits per heavy atom. The van der Waals surface area contributed by atoms with Crippen LogP contribution in [0.15, 0.2) is 79.1 Å².